The number of ether oxygens (including phenoxy) is 4. The lowest BCUT2D eigenvalue weighted by Gasteiger charge is -2.41. The lowest BCUT2D eigenvalue weighted by Crippen LogP contribution is -2.53. The molecule has 4 heteroatoms. The number of rotatable bonds is 4. The molecule has 0 aromatic rings. The third-order valence-electron chi connectivity index (χ3n) is 3.89. The Morgan fingerprint density at radius 3 is 2.33 bits per heavy atom. The molecule has 0 N–H and O–H groups in total. The predicted molar refractivity (Wildman–Crippen MR) is 68.2 cm³/mol. The van der Waals surface area contributed by atoms with Crippen LogP contribution in [-0.2, 0) is 18.9 Å². The Balaban J connectivity index is 2.19. The molecule has 106 valence electrons. The van der Waals surface area contributed by atoms with E-state index in [9.17, 15) is 0 Å². The first-order chi connectivity index (χ1) is 8.52. The fourth-order valence-electron chi connectivity index (χ4n) is 3.11. The molecule has 2 saturated heterocycles. The van der Waals surface area contributed by atoms with Gasteiger partial charge in [-0.3, -0.25) is 0 Å². The van der Waals surface area contributed by atoms with Crippen LogP contribution in [0.4, 0.5) is 0 Å². The van der Waals surface area contributed by atoms with E-state index in [1.807, 2.05) is 13.8 Å². The Hall–Kier alpha value is -0.160. The molecule has 0 amide bonds. The van der Waals surface area contributed by atoms with Gasteiger partial charge in [-0.15, -0.1) is 0 Å². The third kappa shape index (κ3) is 2.57. The van der Waals surface area contributed by atoms with Crippen LogP contribution in [0.1, 0.15) is 47.0 Å². The zero-order chi connectivity index (χ0) is 13.3. The van der Waals surface area contributed by atoms with Crippen LogP contribution < -0.4 is 0 Å². The predicted octanol–water partition coefficient (Wildman–Crippen LogP) is 2.70. The quantitative estimate of drug-likeness (QED) is 0.777. The fraction of sp³-hybridized carbons (Fsp3) is 1.00. The highest BCUT2D eigenvalue weighted by Gasteiger charge is 2.54. The van der Waals surface area contributed by atoms with Gasteiger partial charge in [0.1, 0.15) is 6.10 Å². The van der Waals surface area contributed by atoms with E-state index >= 15 is 0 Å². The molecule has 0 aromatic carbocycles. The maximum atomic E-state index is 6.08. The van der Waals surface area contributed by atoms with E-state index in [-0.39, 0.29) is 30.5 Å². The van der Waals surface area contributed by atoms with Crippen molar-refractivity contribution in [2.75, 3.05) is 7.11 Å². The van der Waals surface area contributed by atoms with Crippen LogP contribution in [0.15, 0.2) is 0 Å². The molecule has 0 bridgehead atoms. The summed E-state index contributed by atoms with van der Waals surface area (Å²) in [7, 11) is 1.71. The van der Waals surface area contributed by atoms with Crippen molar-refractivity contribution < 1.29 is 18.9 Å². The van der Waals surface area contributed by atoms with Crippen molar-refractivity contribution in [2.45, 2.75) is 77.3 Å². The molecule has 5 unspecified atom stereocenters. The van der Waals surface area contributed by atoms with Crippen LogP contribution in [-0.4, -0.2) is 37.5 Å². The molecule has 2 rings (SSSR count). The minimum Gasteiger partial charge on any atom is -0.355 e. The topological polar surface area (TPSA) is 36.9 Å². The Morgan fingerprint density at radius 1 is 1.11 bits per heavy atom. The molecule has 4 nitrogen and oxygen atoms in total. The Bertz CT molecular complexity index is 279. The van der Waals surface area contributed by atoms with Gasteiger partial charge in [-0.1, -0.05) is 20.3 Å². The molecular weight excluding hydrogens is 232 g/mol. The van der Waals surface area contributed by atoms with E-state index in [1.54, 1.807) is 7.11 Å². The molecule has 0 radical (unpaired) electrons. The van der Waals surface area contributed by atoms with Crippen LogP contribution in [0.25, 0.3) is 0 Å². The van der Waals surface area contributed by atoms with Gasteiger partial charge >= 0.3 is 0 Å². The van der Waals surface area contributed by atoms with Gasteiger partial charge in [0, 0.05) is 13.0 Å². The van der Waals surface area contributed by atoms with Crippen LogP contribution in [0.2, 0.25) is 0 Å². The second-order valence-electron chi connectivity index (χ2n) is 5.70. The SMILES string of the molecule is CCCC1OC(OC)C(CC)C2OC(C)(C)OC12. The standard InChI is InChI=1S/C14H26O4/c1-6-8-10-12-11(17-14(3,4)18-12)9(7-2)13(15-5)16-10/h9-13H,6-8H2,1-5H3. The smallest absolute Gasteiger partial charge is 0.163 e. The maximum Gasteiger partial charge on any atom is 0.163 e. The Morgan fingerprint density at radius 2 is 1.78 bits per heavy atom. The first-order valence-corrected chi connectivity index (χ1v) is 7.06. The average molecular weight is 258 g/mol. The van der Waals surface area contributed by atoms with E-state index in [0.29, 0.717) is 0 Å². The summed E-state index contributed by atoms with van der Waals surface area (Å²) in [4.78, 5) is 0. The van der Waals surface area contributed by atoms with Crippen LogP contribution in [0.3, 0.4) is 0 Å². The molecule has 2 heterocycles. The van der Waals surface area contributed by atoms with Crippen molar-refractivity contribution in [1.82, 2.24) is 0 Å². The lowest BCUT2D eigenvalue weighted by molar-refractivity contribution is -0.252. The summed E-state index contributed by atoms with van der Waals surface area (Å²) in [5.41, 5.74) is 0. The van der Waals surface area contributed by atoms with Crippen LogP contribution in [0, 0.1) is 5.92 Å². The number of methoxy groups -OCH3 is 1. The summed E-state index contributed by atoms with van der Waals surface area (Å²) >= 11 is 0. The molecule has 5 atom stereocenters. The first kappa shape index (κ1) is 14.3. The van der Waals surface area contributed by atoms with E-state index in [2.05, 4.69) is 13.8 Å². The van der Waals surface area contributed by atoms with Crippen molar-refractivity contribution in [2.24, 2.45) is 5.92 Å². The van der Waals surface area contributed by atoms with Crippen LogP contribution >= 0.6 is 0 Å². The Kier molecular flexibility index (Phi) is 4.32. The van der Waals surface area contributed by atoms with Gasteiger partial charge in [-0.05, 0) is 26.7 Å². The van der Waals surface area contributed by atoms with Gasteiger partial charge in [-0.2, -0.15) is 0 Å². The number of hydrogen-bond acceptors (Lipinski definition) is 4. The summed E-state index contributed by atoms with van der Waals surface area (Å²) in [5.74, 6) is -0.268. The summed E-state index contributed by atoms with van der Waals surface area (Å²) in [6.07, 6.45) is 3.05. The highest BCUT2D eigenvalue weighted by atomic mass is 16.8. The zero-order valence-electron chi connectivity index (χ0n) is 12.1. The average Bonchev–Trinajstić information content (AvgIpc) is 2.64. The number of hydrogen-bond donors (Lipinski definition) is 0. The van der Waals surface area contributed by atoms with Gasteiger partial charge < -0.3 is 18.9 Å². The molecule has 0 spiro atoms. The largest absolute Gasteiger partial charge is 0.355 e. The molecular formula is C14H26O4. The van der Waals surface area contributed by atoms with Crippen molar-refractivity contribution in [3.05, 3.63) is 0 Å². The zero-order valence-corrected chi connectivity index (χ0v) is 12.1. The molecule has 2 fully saturated rings. The van der Waals surface area contributed by atoms with Crippen molar-refractivity contribution >= 4 is 0 Å². The summed E-state index contributed by atoms with van der Waals surface area (Å²) < 4.78 is 23.7. The van der Waals surface area contributed by atoms with E-state index in [1.165, 1.54) is 0 Å². The maximum absolute atomic E-state index is 6.08. The molecule has 18 heavy (non-hydrogen) atoms. The number of fused-ring (bicyclic) bond motifs is 1. The van der Waals surface area contributed by atoms with Gasteiger partial charge in [0.25, 0.3) is 0 Å². The van der Waals surface area contributed by atoms with Crippen molar-refractivity contribution in [3.8, 4) is 0 Å². The van der Waals surface area contributed by atoms with E-state index in [0.717, 1.165) is 19.3 Å². The van der Waals surface area contributed by atoms with Gasteiger partial charge in [0.2, 0.25) is 0 Å². The van der Waals surface area contributed by atoms with Gasteiger partial charge in [-0.25, -0.2) is 0 Å². The third-order valence-corrected chi connectivity index (χ3v) is 3.89. The highest BCUT2D eigenvalue weighted by Crippen LogP contribution is 2.42. The second kappa shape index (κ2) is 5.45. The summed E-state index contributed by atoms with van der Waals surface area (Å²) in [5, 5.41) is 0. The Labute approximate surface area is 110 Å². The summed E-state index contributed by atoms with van der Waals surface area (Å²) in [6, 6.07) is 0. The minimum atomic E-state index is -0.513. The monoisotopic (exact) mass is 258 g/mol. The van der Waals surface area contributed by atoms with Gasteiger partial charge in [0.05, 0.1) is 12.2 Å². The minimum absolute atomic E-state index is 0.0382. The highest BCUT2D eigenvalue weighted by molar-refractivity contribution is 4.95. The molecule has 0 aliphatic carbocycles. The van der Waals surface area contributed by atoms with E-state index in [4.69, 9.17) is 18.9 Å². The second-order valence-corrected chi connectivity index (χ2v) is 5.70. The van der Waals surface area contributed by atoms with Crippen molar-refractivity contribution in [1.29, 1.82) is 0 Å². The normalized spacial score (nSPS) is 42.8. The fourth-order valence-corrected chi connectivity index (χ4v) is 3.11. The summed E-state index contributed by atoms with van der Waals surface area (Å²) in [6.45, 7) is 8.25. The van der Waals surface area contributed by atoms with Gasteiger partial charge in [0.15, 0.2) is 12.1 Å². The van der Waals surface area contributed by atoms with E-state index < -0.39 is 5.79 Å². The lowest BCUT2D eigenvalue weighted by atomic mass is 9.87. The molecule has 0 saturated carbocycles. The molecule has 0 aromatic heterocycles. The first-order valence-electron chi connectivity index (χ1n) is 7.06. The van der Waals surface area contributed by atoms with Crippen LogP contribution in [0.5, 0.6) is 0 Å². The molecule has 2 aliphatic heterocycles. The molecule has 2 aliphatic rings. The van der Waals surface area contributed by atoms with Crippen molar-refractivity contribution in [3.63, 3.8) is 0 Å².